The first-order chi connectivity index (χ1) is 18.0. The van der Waals surface area contributed by atoms with Crippen molar-refractivity contribution in [1.82, 2.24) is 20.3 Å². The Hall–Kier alpha value is -3.31. The van der Waals surface area contributed by atoms with Crippen molar-refractivity contribution in [1.29, 1.82) is 0 Å². The van der Waals surface area contributed by atoms with E-state index in [0.29, 0.717) is 31.6 Å². The van der Waals surface area contributed by atoms with E-state index in [0.717, 1.165) is 17.6 Å². The summed E-state index contributed by atoms with van der Waals surface area (Å²) >= 11 is 2.04. The van der Waals surface area contributed by atoms with E-state index >= 15 is 0 Å². The molecule has 0 bridgehead atoms. The second-order valence-electron chi connectivity index (χ2n) is 9.33. The molecule has 196 valence electrons. The summed E-state index contributed by atoms with van der Waals surface area (Å²) in [5.41, 5.74) is 9.96. The quantitative estimate of drug-likeness (QED) is 0.469. The number of carbonyl (C=O) groups is 1. The molecule has 3 aliphatic heterocycles. The van der Waals surface area contributed by atoms with Crippen LogP contribution in [0.25, 0.3) is 0 Å². The molecule has 4 heterocycles. The van der Waals surface area contributed by atoms with Crippen LogP contribution in [0.2, 0.25) is 0 Å². The Kier molecular flexibility index (Phi) is 7.80. The second-order valence-corrected chi connectivity index (χ2v) is 10.6. The van der Waals surface area contributed by atoms with Crippen LogP contribution >= 0.6 is 11.8 Å². The first kappa shape index (κ1) is 25.3. The highest BCUT2D eigenvalue weighted by molar-refractivity contribution is 7.99. The fourth-order valence-electron chi connectivity index (χ4n) is 4.73. The summed E-state index contributed by atoms with van der Waals surface area (Å²) in [5.74, 6) is 0.746. The van der Waals surface area contributed by atoms with E-state index in [-0.39, 0.29) is 17.7 Å². The number of nitrogens with zero attached hydrogens (tertiary/aromatic N) is 4. The van der Waals surface area contributed by atoms with E-state index in [1.165, 1.54) is 29.7 Å². The number of carbonyl (C=O) groups excluding carboxylic acids is 1. The maximum Gasteiger partial charge on any atom is 0.265 e. The van der Waals surface area contributed by atoms with E-state index in [1.54, 1.807) is 4.90 Å². The van der Waals surface area contributed by atoms with E-state index in [9.17, 15) is 9.18 Å². The largest absolute Gasteiger partial charge is 0.378 e. The van der Waals surface area contributed by atoms with Crippen molar-refractivity contribution in [3.63, 3.8) is 0 Å². The lowest BCUT2D eigenvalue weighted by molar-refractivity contribution is -0.123. The van der Waals surface area contributed by atoms with Crippen LogP contribution in [0.4, 0.5) is 21.8 Å². The van der Waals surface area contributed by atoms with Crippen LogP contribution in [0.15, 0.2) is 48.4 Å². The highest BCUT2D eigenvalue weighted by Gasteiger charge is 2.23. The van der Waals surface area contributed by atoms with Crippen molar-refractivity contribution >= 4 is 35.1 Å². The Labute approximate surface area is 220 Å². The molecule has 2 atom stereocenters. The number of hydrogen-bond donors (Lipinski definition) is 3. The van der Waals surface area contributed by atoms with Gasteiger partial charge < -0.3 is 19.9 Å². The van der Waals surface area contributed by atoms with Gasteiger partial charge in [0.15, 0.2) is 11.6 Å². The molecule has 0 saturated carbocycles. The zero-order chi connectivity index (χ0) is 25.8. The third-order valence-corrected chi connectivity index (χ3v) is 8.09. The average molecular weight is 526 g/mol. The third-order valence-electron chi connectivity index (χ3n) is 6.68. The normalized spacial score (nSPS) is 21.5. The molecular weight excluding hydrogens is 493 g/mol. The van der Waals surface area contributed by atoms with Gasteiger partial charge in [-0.1, -0.05) is 12.1 Å². The molecule has 2 saturated heterocycles. The van der Waals surface area contributed by atoms with Crippen molar-refractivity contribution in [3.05, 3.63) is 65.4 Å². The van der Waals surface area contributed by atoms with Crippen LogP contribution in [0.1, 0.15) is 29.2 Å². The van der Waals surface area contributed by atoms with Gasteiger partial charge in [0.1, 0.15) is 6.04 Å². The first-order valence-corrected chi connectivity index (χ1v) is 13.5. The highest BCUT2D eigenvalue weighted by atomic mass is 32.2. The van der Waals surface area contributed by atoms with Gasteiger partial charge in [0.25, 0.3) is 5.91 Å². The van der Waals surface area contributed by atoms with Gasteiger partial charge in [0, 0.05) is 37.3 Å². The van der Waals surface area contributed by atoms with Crippen molar-refractivity contribution in [2.24, 2.45) is 0 Å². The van der Waals surface area contributed by atoms with Crippen molar-refractivity contribution in [2.45, 2.75) is 31.1 Å². The number of likely N-dealkylation sites (N-methyl/N-ethyl adjacent to an activating group) is 1. The minimum Gasteiger partial charge on any atom is -0.378 e. The Morgan fingerprint density at radius 1 is 1.27 bits per heavy atom. The minimum atomic E-state index is -0.527. The molecule has 3 aliphatic rings. The van der Waals surface area contributed by atoms with Crippen LogP contribution in [0.5, 0.6) is 0 Å². The smallest absolute Gasteiger partial charge is 0.265 e. The van der Waals surface area contributed by atoms with Crippen molar-refractivity contribution in [2.75, 3.05) is 54.7 Å². The van der Waals surface area contributed by atoms with E-state index in [1.807, 2.05) is 42.1 Å². The predicted octanol–water partition coefficient (Wildman–Crippen LogP) is 3.60. The number of halogens is 1. The Balaban J connectivity index is 1.16. The number of ether oxygens (including phenoxy) is 1. The number of nitrogens with one attached hydrogen (secondary N) is 3. The lowest BCUT2D eigenvalue weighted by atomic mass is 10.0. The molecule has 9 nitrogen and oxygen atoms in total. The fourth-order valence-corrected chi connectivity index (χ4v) is 6.13. The number of hydrazine groups is 1. The lowest BCUT2D eigenvalue weighted by Gasteiger charge is -2.28. The number of anilines is 3. The van der Waals surface area contributed by atoms with Gasteiger partial charge in [-0.2, -0.15) is 16.7 Å². The Morgan fingerprint density at radius 2 is 2.11 bits per heavy atom. The predicted molar refractivity (Wildman–Crippen MR) is 145 cm³/mol. The van der Waals surface area contributed by atoms with Crippen LogP contribution < -0.4 is 21.1 Å². The molecule has 1 aromatic carbocycles. The summed E-state index contributed by atoms with van der Waals surface area (Å²) in [4.78, 5) is 24.6. The van der Waals surface area contributed by atoms with Gasteiger partial charge in [-0.05, 0) is 54.9 Å². The molecule has 0 aliphatic carbocycles. The number of hydrogen-bond acceptors (Lipinski definition) is 9. The third kappa shape index (κ3) is 5.99. The van der Waals surface area contributed by atoms with Gasteiger partial charge in [-0.3, -0.25) is 15.6 Å². The van der Waals surface area contributed by atoms with Gasteiger partial charge >= 0.3 is 0 Å². The molecule has 5 rings (SSSR count). The topological polar surface area (TPSA) is 94.7 Å². The summed E-state index contributed by atoms with van der Waals surface area (Å²) in [5, 5.41) is 4.04. The van der Waals surface area contributed by atoms with Gasteiger partial charge in [-0.15, -0.1) is 0 Å². The molecule has 0 radical (unpaired) electrons. The monoisotopic (exact) mass is 525 g/mol. The summed E-state index contributed by atoms with van der Waals surface area (Å²) in [6, 6.07) is 5.99. The molecule has 3 N–H and O–H groups in total. The Morgan fingerprint density at radius 3 is 2.84 bits per heavy atom. The van der Waals surface area contributed by atoms with Crippen LogP contribution in [-0.4, -0.2) is 65.9 Å². The molecule has 37 heavy (non-hydrogen) atoms. The number of thioether (sulfide) groups is 1. The number of allylic oxidation sites excluding steroid dienone is 1. The van der Waals surface area contributed by atoms with Crippen LogP contribution in [0.3, 0.4) is 0 Å². The number of aryl methyl sites for hydroxylation is 1. The standard InChI is InChI=1S/C26H32FN7O2S/c1-17-14-18(5-7-20(17)23-4-3-13-37-23)29-19-6-8-22(33(2)16-19)25(35)31-32-26-28-15-21(27)24(30-26)34-9-11-36-12-10-34/h5-8,14-16,22-23,29H,3-4,9-13H2,1-2H3,(H,31,35)(H,28,30,32). The number of rotatable bonds is 7. The zero-order valence-electron chi connectivity index (χ0n) is 21.0. The van der Waals surface area contributed by atoms with Crippen LogP contribution in [0, 0.1) is 12.7 Å². The maximum atomic E-state index is 14.2. The molecule has 1 aromatic heterocycles. The minimum absolute atomic E-state index is 0.117. The molecule has 1 amide bonds. The number of morpholine rings is 1. The summed E-state index contributed by atoms with van der Waals surface area (Å²) < 4.78 is 19.6. The number of aromatic nitrogens is 2. The number of benzene rings is 1. The summed E-state index contributed by atoms with van der Waals surface area (Å²) in [6.45, 7) is 4.28. The van der Waals surface area contributed by atoms with Crippen LogP contribution in [-0.2, 0) is 9.53 Å². The molecule has 2 unspecified atom stereocenters. The first-order valence-electron chi connectivity index (χ1n) is 12.5. The van der Waals surface area contributed by atoms with Gasteiger partial charge in [-0.25, -0.2) is 9.37 Å². The Bertz CT molecular complexity index is 1200. The van der Waals surface area contributed by atoms with Crippen molar-refractivity contribution < 1.29 is 13.9 Å². The summed E-state index contributed by atoms with van der Waals surface area (Å²) in [6.07, 6.45) is 9.24. The van der Waals surface area contributed by atoms with Crippen molar-refractivity contribution in [3.8, 4) is 0 Å². The molecular formula is C26H32FN7O2S. The lowest BCUT2D eigenvalue weighted by Crippen LogP contribution is -2.45. The van der Waals surface area contributed by atoms with E-state index in [4.69, 9.17) is 4.74 Å². The highest BCUT2D eigenvalue weighted by Crippen LogP contribution is 2.41. The molecule has 2 fully saturated rings. The van der Waals surface area contributed by atoms with E-state index in [2.05, 4.69) is 51.3 Å². The van der Waals surface area contributed by atoms with E-state index < -0.39 is 11.9 Å². The zero-order valence-corrected chi connectivity index (χ0v) is 21.9. The summed E-state index contributed by atoms with van der Waals surface area (Å²) in [7, 11) is 1.84. The molecule has 0 spiro atoms. The number of amides is 1. The van der Waals surface area contributed by atoms with Gasteiger partial charge in [0.2, 0.25) is 5.95 Å². The molecule has 11 heteroatoms. The van der Waals surface area contributed by atoms with Gasteiger partial charge in [0.05, 0.1) is 25.1 Å². The fraction of sp³-hybridized carbons (Fsp3) is 0.423. The molecule has 2 aromatic rings. The SMILES string of the molecule is Cc1cc(NC2=CN(C)C(C(=O)NNc3ncc(F)c(N4CCOCC4)n3)C=C2)ccc1C1CCCS1. The maximum absolute atomic E-state index is 14.2. The average Bonchev–Trinajstić information content (AvgIpc) is 3.43. The second kappa shape index (κ2) is 11.4.